The Labute approximate surface area is 195 Å². The topological polar surface area (TPSA) is 54.9 Å². The number of hydrogen-bond acceptors (Lipinski definition) is 4. The third-order valence-corrected chi connectivity index (χ3v) is 5.51. The Bertz CT molecular complexity index is 1160. The fraction of sp³-hybridized carbons (Fsp3) is 0.261. The molecular weight excluding hydrogens is 480 g/mol. The standard InChI is InChI=1S/C23H19F6N3OS/c1-13-5-3-4-6-17(13)18-12-31-21(34-2)32-19(18)20(33)30-8-7-14-9-15(22(24,25)26)11-16(10-14)23(27,28)29/h3-6,9-12H,7-8H2,1-2H3,(H,30,33). The fourth-order valence-corrected chi connectivity index (χ4v) is 3.62. The van der Waals surface area contributed by atoms with Crippen LogP contribution in [0.4, 0.5) is 26.3 Å². The summed E-state index contributed by atoms with van der Waals surface area (Å²) in [6, 6.07) is 8.64. The summed E-state index contributed by atoms with van der Waals surface area (Å²) in [6.07, 6.45) is -6.86. The molecule has 0 fully saturated rings. The van der Waals surface area contributed by atoms with Crippen LogP contribution in [0.1, 0.15) is 32.7 Å². The predicted molar refractivity (Wildman–Crippen MR) is 116 cm³/mol. The van der Waals surface area contributed by atoms with Gasteiger partial charge in [0.25, 0.3) is 5.91 Å². The first-order valence-corrected chi connectivity index (χ1v) is 11.2. The lowest BCUT2D eigenvalue weighted by Gasteiger charge is -2.15. The number of nitrogens with zero attached hydrogens (tertiary/aromatic N) is 2. The Balaban J connectivity index is 1.84. The zero-order valence-electron chi connectivity index (χ0n) is 18.0. The summed E-state index contributed by atoms with van der Waals surface area (Å²) < 4.78 is 78.4. The van der Waals surface area contributed by atoms with Gasteiger partial charge in [0, 0.05) is 18.3 Å². The summed E-state index contributed by atoms with van der Waals surface area (Å²) in [7, 11) is 0. The number of halogens is 6. The molecule has 3 rings (SSSR count). The molecule has 0 saturated carbocycles. The Hall–Kier alpha value is -3.08. The zero-order chi connectivity index (χ0) is 25.1. The van der Waals surface area contributed by atoms with Crippen molar-refractivity contribution in [1.82, 2.24) is 15.3 Å². The van der Waals surface area contributed by atoms with Crippen LogP contribution in [0.5, 0.6) is 0 Å². The molecule has 0 bridgehead atoms. The molecule has 0 aliphatic heterocycles. The molecule has 2 aromatic carbocycles. The number of aromatic nitrogens is 2. The zero-order valence-corrected chi connectivity index (χ0v) is 18.8. The first kappa shape index (κ1) is 25.5. The van der Waals surface area contributed by atoms with Crippen LogP contribution in [0.3, 0.4) is 0 Å². The lowest BCUT2D eigenvalue weighted by atomic mass is 10.00. The van der Waals surface area contributed by atoms with Gasteiger partial charge in [0.1, 0.15) is 5.69 Å². The van der Waals surface area contributed by atoms with Crippen molar-refractivity contribution in [2.24, 2.45) is 0 Å². The number of carbonyl (C=O) groups excluding carboxylic acids is 1. The van der Waals surface area contributed by atoms with Gasteiger partial charge in [-0.3, -0.25) is 4.79 Å². The number of hydrogen-bond donors (Lipinski definition) is 1. The number of alkyl halides is 6. The number of nitrogens with one attached hydrogen (secondary N) is 1. The summed E-state index contributed by atoms with van der Waals surface area (Å²) in [4.78, 5) is 21.4. The molecule has 180 valence electrons. The van der Waals surface area contributed by atoms with Crippen molar-refractivity contribution in [2.45, 2.75) is 30.9 Å². The van der Waals surface area contributed by atoms with Gasteiger partial charge in [-0.15, -0.1) is 0 Å². The van der Waals surface area contributed by atoms with E-state index >= 15 is 0 Å². The normalized spacial score (nSPS) is 12.0. The molecule has 3 aromatic rings. The smallest absolute Gasteiger partial charge is 0.350 e. The van der Waals surface area contributed by atoms with Crippen molar-refractivity contribution in [3.8, 4) is 11.1 Å². The highest BCUT2D eigenvalue weighted by Crippen LogP contribution is 2.36. The van der Waals surface area contributed by atoms with E-state index in [4.69, 9.17) is 0 Å². The van der Waals surface area contributed by atoms with Crippen LogP contribution in [-0.4, -0.2) is 28.7 Å². The number of carbonyl (C=O) groups is 1. The van der Waals surface area contributed by atoms with Gasteiger partial charge >= 0.3 is 12.4 Å². The van der Waals surface area contributed by atoms with Crippen LogP contribution in [0.15, 0.2) is 53.8 Å². The molecule has 1 heterocycles. The van der Waals surface area contributed by atoms with Crippen molar-refractivity contribution in [2.75, 3.05) is 12.8 Å². The van der Waals surface area contributed by atoms with Gasteiger partial charge in [-0.2, -0.15) is 26.3 Å². The van der Waals surface area contributed by atoms with E-state index in [9.17, 15) is 31.1 Å². The van der Waals surface area contributed by atoms with Crippen LogP contribution in [0, 0.1) is 6.92 Å². The maximum atomic E-state index is 13.1. The molecule has 0 atom stereocenters. The first-order chi connectivity index (χ1) is 15.9. The van der Waals surface area contributed by atoms with Gasteiger partial charge in [0.05, 0.1) is 11.1 Å². The Morgan fingerprint density at radius 1 is 0.971 bits per heavy atom. The SMILES string of the molecule is CSc1ncc(-c2ccccc2C)c(C(=O)NCCc2cc(C(F)(F)F)cc(C(F)(F)F)c2)n1. The minimum absolute atomic E-state index is 0.0636. The lowest BCUT2D eigenvalue weighted by Crippen LogP contribution is -2.27. The van der Waals surface area contributed by atoms with Crippen LogP contribution >= 0.6 is 11.8 Å². The number of benzene rings is 2. The maximum Gasteiger partial charge on any atom is 0.416 e. The third-order valence-electron chi connectivity index (χ3n) is 4.95. The molecule has 1 amide bonds. The second-order valence-electron chi connectivity index (χ2n) is 7.35. The second-order valence-corrected chi connectivity index (χ2v) is 8.13. The van der Waals surface area contributed by atoms with Crippen LogP contribution < -0.4 is 5.32 Å². The van der Waals surface area contributed by atoms with Crippen LogP contribution in [0.25, 0.3) is 11.1 Å². The number of thioether (sulfide) groups is 1. The van der Waals surface area contributed by atoms with Gasteiger partial charge in [-0.05, 0) is 54.5 Å². The van der Waals surface area contributed by atoms with E-state index in [1.54, 1.807) is 18.4 Å². The number of rotatable bonds is 6. The van der Waals surface area contributed by atoms with Gasteiger partial charge < -0.3 is 5.32 Å². The van der Waals surface area contributed by atoms with E-state index in [-0.39, 0.29) is 30.3 Å². The van der Waals surface area contributed by atoms with Gasteiger partial charge in [-0.1, -0.05) is 36.0 Å². The molecule has 0 saturated heterocycles. The average molecular weight is 499 g/mol. The van der Waals surface area contributed by atoms with E-state index in [2.05, 4.69) is 15.3 Å². The highest BCUT2D eigenvalue weighted by Gasteiger charge is 2.36. The first-order valence-electron chi connectivity index (χ1n) is 9.93. The monoisotopic (exact) mass is 499 g/mol. The largest absolute Gasteiger partial charge is 0.416 e. The number of aryl methyl sites for hydroxylation is 1. The summed E-state index contributed by atoms with van der Waals surface area (Å²) in [5.41, 5.74) is -0.861. The Morgan fingerprint density at radius 2 is 1.59 bits per heavy atom. The molecule has 0 unspecified atom stereocenters. The quantitative estimate of drug-likeness (QED) is 0.250. The van der Waals surface area contributed by atoms with E-state index in [0.29, 0.717) is 22.9 Å². The molecule has 34 heavy (non-hydrogen) atoms. The predicted octanol–water partition coefficient (Wildman–Crippen LogP) is 6.18. The molecule has 0 aliphatic carbocycles. The Kier molecular flexibility index (Phi) is 7.54. The lowest BCUT2D eigenvalue weighted by molar-refractivity contribution is -0.143. The van der Waals surface area contributed by atoms with E-state index in [1.807, 2.05) is 19.1 Å². The third kappa shape index (κ3) is 6.07. The van der Waals surface area contributed by atoms with Crippen LogP contribution in [-0.2, 0) is 18.8 Å². The highest BCUT2D eigenvalue weighted by molar-refractivity contribution is 7.98. The van der Waals surface area contributed by atoms with Crippen LogP contribution in [0.2, 0.25) is 0 Å². The molecule has 0 radical (unpaired) electrons. The van der Waals surface area contributed by atoms with Crippen molar-refractivity contribution < 1.29 is 31.1 Å². The van der Waals surface area contributed by atoms with E-state index in [0.717, 1.165) is 11.1 Å². The van der Waals surface area contributed by atoms with Gasteiger partial charge in [0.2, 0.25) is 0 Å². The van der Waals surface area contributed by atoms with Gasteiger partial charge in [-0.25, -0.2) is 9.97 Å². The molecule has 0 aliphatic rings. The fourth-order valence-electron chi connectivity index (χ4n) is 3.28. The minimum atomic E-state index is -4.93. The summed E-state index contributed by atoms with van der Waals surface area (Å²) in [5.74, 6) is -0.612. The van der Waals surface area contributed by atoms with Crippen molar-refractivity contribution >= 4 is 17.7 Å². The van der Waals surface area contributed by atoms with Crippen molar-refractivity contribution in [3.63, 3.8) is 0 Å². The molecule has 1 aromatic heterocycles. The molecular formula is C23H19F6N3OS. The van der Waals surface area contributed by atoms with Crippen molar-refractivity contribution in [3.05, 3.63) is 76.6 Å². The maximum absolute atomic E-state index is 13.1. The molecule has 0 spiro atoms. The van der Waals surface area contributed by atoms with E-state index in [1.165, 1.54) is 18.0 Å². The van der Waals surface area contributed by atoms with Crippen molar-refractivity contribution in [1.29, 1.82) is 0 Å². The summed E-state index contributed by atoms with van der Waals surface area (Å²) >= 11 is 1.22. The summed E-state index contributed by atoms with van der Waals surface area (Å²) in [5, 5.41) is 2.89. The highest BCUT2D eigenvalue weighted by atomic mass is 32.2. The molecule has 4 nitrogen and oxygen atoms in total. The Morgan fingerprint density at radius 3 is 2.15 bits per heavy atom. The minimum Gasteiger partial charge on any atom is -0.350 e. The van der Waals surface area contributed by atoms with E-state index < -0.39 is 29.4 Å². The molecule has 1 N–H and O–H groups in total. The number of amides is 1. The second kappa shape index (κ2) is 10.0. The average Bonchev–Trinajstić information content (AvgIpc) is 2.77. The van der Waals surface area contributed by atoms with Gasteiger partial charge in [0.15, 0.2) is 5.16 Å². The molecule has 11 heteroatoms. The summed E-state index contributed by atoms with van der Waals surface area (Å²) in [6.45, 7) is 1.66.